The minimum Gasteiger partial charge on any atom is -0.366 e. The monoisotopic (exact) mass is 353 g/mol. The lowest BCUT2D eigenvalue weighted by Gasteiger charge is -2.40. The summed E-state index contributed by atoms with van der Waals surface area (Å²) in [4.78, 5) is 32.8. The molecule has 26 heavy (non-hydrogen) atoms. The number of carbonyl (C=O) groups is 2. The Morgan fingerprint density at radius 1 is 1.19 bits per heavy atom. The van der Waals surface area contributed by atoms with Gasteiger partial charge in [-0.05, 0) is 30.2 Å². The highest BCUT2D eigenvalue weighted by Gasteiger charge is 2.40. The summed E-state index contributed by atoms with van der Waals surface area (Å²) < 4.78 is 5.54. The molecule has 0 spiro atoms. The molecule has 6 heteroatoms. The van der Waals surface area contributed by atoms with E-state index in [2.05, 4.69) is 4.98 Å². The van der Waals surface area contributed by atoms with Crippen LogP contribution < -0.4 is 0 Å². The number of aromatic nitrogens is 1. The van der Waals surface area contributed by atoms with E-state index in [4.69, 9.17) is 4.74 Å². The smallest absolute Gasteiger partial charge is 0.249 e. The standard InChI is InChI=1S/C20H23N3O3/c1-15-19(20(25)22(2)12-17-8-10-21-11-9-17)23(18(24)14-26-15)13-16-6-4-3-5-7-16/h3-11,15,19H,12-14H2,1-2H3/t15-,19+/m1/s1. The molecule has 2 aromatic rings. The molecule has 1 saturated heterocycles. The van der Waals surface area contributed by atoms with Gasteiger partial charge < -0.3 is 14.5 Å². The number of benzene rings is 1. The van der Waals surface area contributed by atoms with Gasteiger partial charge in [-0.15, -0.1) is 0 Å². The number of ether oxygens (including phenoxy) is 1. The van der Waals surface area contributed by atoms with E-state index in [1.165, 1.54) is 0 Å². The first-order valence-electron chi connectivity index (χ1n) is 8.65. The Balaban J connectivity index is 1.78. The molecule has 0 N–H and O–H groups in total. The topological polar surface area (TPSA) is 62.7 Å². The molecule has 0 aliphatic carbocycles. The molecule has 6 nitrogen and oxygen atoms in total. The van der Waals surface area contributed by atoms with Crippen molar-refractivity contribution in [2.24, 2.45) is 0 Å². The molecule has 0 radical (unpaired) electrons. The molecule has 2 heterocycles. The molecule has 1 aromatic heterocycles. The summed E-state index contributed by atoms with van der Waals surface area (Å²) in [6.45, 7) is 2.70. The van der Waals surface area contributed by atoms with E-state index in [0.29, 0.717) is 13.1 Å². The van der Waals surface area contributed by atoms with E-state index in [0.717, 1.165) is 11.1 Å². The maximum atomic E-state index is 13.1. The van der Waals surface area contributed by atoms with Gasteiger partial charge in [0.1, 0.15) is 12.6 Å². The fourth-order valence-corrected chi connectivity index (χ4v) is 3.15. The van der Waals surface area contributed by atoms with Crippen LogP contribution in [-0.4, -0.2) is 52.4 Å². The molecule has 2 atom stereocenters. The van der Waals surface area contributed by atoms with Crippen molar-refractivity contribution >= 4 is 11.8 Å². The molecule has 1 fully saturated rings. The average Bonchev–Trinajstić information content (AvgIpc) is 2.66. The van der Waals surface area contributed by atoms with Crippen molar-refractivity contribution in [1.29, 1.82) is 0 Å². The molecule has 136 valence electrons. The van der Waals surface area contributed by atoms with Crippen LogP contribution in [0.3, 0.4) is 0 Å². The molecular weight excluding hydrogens is 330 g/mol. The maximum Gasteiger partial charge on any atom is 0.249 e. The number of pyridine rings is 1. The zero-order valence-electron chi connectivity index (χ0n) is 15.0. The van der Waals surface area contributed by atoms with Gasteiger partial charge in [-0.3, -0.25) is 14.6 Å². The first-order valence-corrected chi connectivity index (χ1v) is 8.65. The molecule has 0 saturated carbocycles. The van der Waals surface area contributed by atoms with Gasteiger partial charge in [0.25, 0.3) is 0 Å². The summed E-state index contributed by atoms with van der Waals surface area (Å²) in [7, 11) is 1.75. The molecule has 2 amide bonds. The van der Waals surface area contributed by atoms with Crippen molar-refractivity contribution in [3.05, 3.63) is 66.0 Å². The first-order chi connectivity index (χ1) is 12.6. The Morgan fingerprint density at radius 3 is 2.58 bits per heavy atom. The highest BCUT2D eigenvalue weighted by molar-refractivity contribution is 5.89. The van der Waals surface area contributed by atoms with E-state index in [-0.39, 0.29) is 24.5 Å². The predicted octanol–water partition coefficient (Wildman–Crippen LogP) is 1.86. The van der Waals surface area contributed by atoms with Gasteiger partial charge in [-0.1, -0.05) is 30.3 Å². The van der Waals surface area contributed by atoms with Crippen molar-refractivity contribution in [3.63, 3.8) is 0 Å². The fraction of sp³-hybridized carbons (Fsp3) is 0.350. The molecule has 0 unspecified atom stereocenters. The Bertz CT molecular complexity index is 751. The third-order valence-corrected chi connectivity index (χ3v) is 4.56. The second-order valence-electron chi connectivity index (χ2n) is 6.52. The largest absolute Gasteiger partial charge is 0.366 e. The maximum absolute atomic E-state index is 13.1. The molecule has 0 bridgehead atoms. The van der Waals surface area contributed by atoms with E-state index < -0.39 is 6.04 Å². The van der Waals surface area contributed by atoms with Gasteiger partial charge in [0.2, 0.25) is 11.8 Å². The van der Waals surface area contributed by atoms with Gasteiger partial charge >= 0.3 is 0 Å². The van der Waals surface area contributed by atoms with Crippen molar-refractivity contribution < 1.29 is 14.3 Å². The third kappa shape index (κ3) is 4.08. The lowest BCUT2D eigenvalue weighted by molar-refractivity contribution is -0.167. The molecule has 3 rings (SSSR count). The summed E-state index contributed by atoms with van der Waals surface area (Å²) >= 11 is 0. The lowest BCUT2D eigenvalue weighted by atomic mass is 10.0. The summed E-state index contributed by atoms with van der Waals surface area (Å²) in [6.07, 6.45) is 3.04. The van der Waals surface area contributed by atoms with Crippen LogP contribution >= 0.6 is 0 Å². The van der Waals surface area contributed by atoms with Crippen LogP contribution in [0.1, 0.15) is 18.1 Å². The van der Waals surface area contributed by atoms with Crippen LogP contribution in [0.4, 0.5) is 0 Å². The summed E-state index contributed by atoms with van der Waals surface area (Å²) in [5.74, 6) is -0.291. The molecule has 1 aliphatic rings. The van der Waals surface area contributed by atoms with E-state index in [1.807, 2.05) is 49.4 Å². The summed E-state index contributed by atoms with van der Waals surface area (Å²) in [5, 5.41) is 0. The average molecular weight is 353 g/mol. The fourth-order valence-electron chi connectivity index (χ4n) is 3.15. The number of amides is 2. The number of hydrogen-bond donors (Lipinski definition) is 0. The molecular formula is C20H23N3O3. The highest BCUT2D eigenvalue weighted by Crippen LogP contribution is 2.20. The minimum absolute atomic E-state index is 0.00580. The van der Waals surface area contributed by atoms with Crippen molar-refractivity contribution in [3.8, 4) is 0 Å². The summed E-state index contributed by atoms with van der Waals surface area (Å²) in [5.41, 5.74) is 1.98. The Hall–Kier alpha value is -2.73. The predicted molar refractivity (Wildman–Crippen MR) is 96.9 cm³/mol. The van der Waals surface area contributed by atoms with Crippen LogP contribution in [-0.2, 0) is 27.4 Å². The normalized spacial score (nSPS) is 20.1. The SMILES string of the molecule is C[C@H]1OCC(=O)N(Cc2ccccc2)[C@@H]1C(=O)N(C)Cc1ccncc1. The number of likely N-dealkylation sites (N-methyl/N-ethyl adjacent to an activating group) is 1. The van der Waals surface area contributed by atoms with Gasteiger partial charge in [-0.2, -0.15) is 0 Å². The van der Waals surface area contributed by atoms with Gasteiger partial charge in [-0.25, -0.2) is 0 Å². The zero-order valence-corrected chi connectivity index (χ0v) is 15.0. The van der Waals surface area contributed by atoms with E-state index in [1.54, 1.807) is 29.2 Å². The Kier molecular flexibility index (Phi) is 5.63. The number of hydrogen-bond acceptors (Lipinski definition) is 4. The zero-order chi connectivity index (χ0) is 18.5. The number of carbonyl (C=O) groups excluding carboxylic acids is 2. The quantitative estimate of drug-likeness (QED) is 0.823. The van der Waals surface area contributed by atoms with Crippen LogP contribution in [0, 0.1) is 0 Å². The van der Waals surface area contributed by atoms with Gasteiger partial charge in [0.15, 0.2) is 0 Å². The van der Waals surface area contributed by atoms with Gasteiger partial charge in [0.05, 0.1) is 6.10 Å². The molecule has 1 aromatic carbocycles. The van der Waals surface area contributed by atoms with Crippen molar-refractivity contribution in [2.45, 2.75) is 32.2 Å². The third-order valence-electron chi connectivity index (χ3n) is 4.56. The van der Waals surface area contributed by atoms with Crippen LogP contribution in [0.25, 0.3) is 0 Å². The van der Waals surface area contributed by atoms with E-state index in [9.17, 15) is 9.59 Å². The molecule has 1 aliphatic heterocycles. The van der Waals surface area contributed by atoms with E-state index >= 15 is 0 Å². The minimum atomic E-state index is -0.636. The number of morpholine rings is 1. The van der Waals surface area contributed by atoms with Crippen LogP contribution in [0.15, 0.2) is 54.9 Å². The lowest BCUT2D eigenvalue weighted by Crippen LogP contribution is -2.59. The number of rotatable bonds is 5. The highest BCUT2D eigenvalue weighted by atomic mass is 16.5. The number of nitrogens with zero attached hydrogens (tertiary/aromatic N) is 3. The second kappa shape index (κ2) is 8.10. The Labute approximate surface area is 153 Å². The van der Waals surface area contributed by atoms with Crippen LogP contribution in [0.2, 0.25) is 0 Å². The van der Waals surface area contributed by atoms with Crippen molar-refractivity contribution in [2.75, 3.05) is 13.7 Å². The summed E-state index contributed by atoms with van der Waals surface area (Å²) in [6, 6.07) is 12.8. The first kappa shape index (κ1) is 18.1. The van der Waals surface area contributed by atoms with Crippen molar-refractivity contribution in [1.82, 2.24) is 14.8 Å². The van der Waals surface area contributed by atoms with Crippen LogP contribution in [0.5, 0.6) is 0 Å². The van der Waals surface area contributed by atoms with Gasteiger partial charge in [0, 0.05) is 32.5 Å². The second-order valence-corrected chi connectivity index (χ2v) is 6.52. The Morgan fingerprint density at radius 2 is 1.88 bits per heavy atom.